The number of anilines is 3. The van der Waals surface area contributed by atoms with Gasteiger partial charge >= 0.3 is 11.7 Å². The van der Waals surface area contributed by atoms with Crippen LogP contribution in [-0.2, 0) is 0 Å². The van der Waals surface area contributed by atoms with Gasteiger partial charge in [0.05, 0.1) is 17.4 Å². The number of nitriles is 1. The first-order valence-corrected chi connectivity index (χ1v) is 18.7. The van der Waals surface area contributed by atoms with E-state index in [0.29, 0.717) is 11.1 Å². The molecule has 1 amide bonds. The van der Waals surface area contributed by atoms with Gasteiger partial charge in [0.25, 0.3) is 5.69 Å². The van der Waals surface area contributed by atoms with Crippen LogP contribution in [-0.4, -0.2) is 53.0 Å². The molecule has 6 rings (SSSR count). The highest BCUT2D eigenvalue weighted by Crippen LogP contribution is 2.31. The number of benzene rings is 5. The molecular formula is C47H50N11O+. The van der Waals surface area contributed by atoms with Crippen LogP contribution in [0.25, 0.3) is 15.3 Å². The first-order chi connectivity index (χ1) is 28.1. The maximum Gasteiger partial charge on any atom is 0.537 e. The molecule has 0 saturated carbocycles. The SMILES string of the molecule is Cc1cc(N=[N+]2NC(=O)c3cccc(C)c32)ccc1N(C)C.Cc1ccccc1N=Nc1ccc(N(C)C)c(C)c1.[C-]#[N+]C([N+]#[C-])=C(C#N)c1ccc(N(C)C)c(C)c1. The summed E-state index contributed by atoms with van der Waals surface area (Å²) in [4.78, 5) is 25.9. The first kappa shape index (κ1) is 44.1. The van der Waals surface area contributed by atoms with Crippen LogP contribution in [0.1, 0.15) is 43.7 Å². The van der Waals surface area contributed by atoms with Gasteiger partial charge in [-0.1, -0.05) is 41.8 Å². The highest BCUT2D eigenvalue weighted by Gasteiger charge is 2.35. The quantitative estimate of drug-likeness (QED) is 0.0764. The Morgan fingerprint density at radius 1 is 0.644 bits per heavy atom. The van der Waals surface area contributed by atoms with Crippen molar-refractivity contribution in [1.82, 2.24) is 5.43 Å². The van der Waals surface area contributed by atoms with Crippen LogP contribution in [0.2, 0.25) is 0 Å². The molecular weight excluding hydrogens is 735 g/mol. The second kappa shape index (κ2) is 20.0. The number of amides is 1. The van der Waals surface area contributed by atoms with E-state index < -0.39 is 0 Å². The molecule has 1 aliphatic rings. The zero-order chi connectivity index (χ0) is 43.4. The van der Waals surface area contributed by atoms with Crippen LogP contribution in [0, 0.1) is 59.1 Å². The van der Waals surface area contributed by atoms with Crippen molar-refractivity contribution < 1.29 is 9.60 Å². The minimum absolute atomic E-state index is 0.121. The van der Waals surface area contributed by atoms with Crippen molar-refractivity contribution in [2.24, 2.45) is 15.3 Å². The van der Waals surface area contributed by atoms with Gasteiger partial charge in [0.1, 0.15) is 24.4 Å². The predicted octanol–water partition coefficient (Wildman–Crippen LogP) is 11.3. The van der Waals surface area contributed by atoms with Gasteiger partial charge in [0, 0.05) is 74.8 Å². The number of rotatable bonds is 7. The van der Waals surface area contributed by atoms with E-state index in [-0.39, 0.29) is 17.3 Å². The standard InChI is InChI=1S/C17H18N4O.C16H19N3.C14H12N4/c1-11-6-5-7-14-16(11)21(19-17(14)22)18-13-8-9-15(20(3)4)12(2)10-13;1-12-7-5-6-8-15(12)18-17-14-9-10-16(19(3)4)13(2)11-14;1-10-8-11(6-7-13(10)18(4)5)12(9-15)14(16-2)17-3/h5-10H,1-4H3;5-11H,1-4H3;6-8H,1,4-5H3/p+1. The van der Waals surface area contributed by atoms with E-state index in [0.717, 1.165) is 56.4 Å². The molecule has 0 atom stereocenters. The fraction of sp³-hybridized carbons (Fsp3) is 0.234. The van der Waals surface area contributed by atoms with Crippen molar-refractivity contribution in [1.29, 1.82) is 5.26 Å². The number of hydrazine groups is 1. The molecule has 0 fully saturated rings. The van der Waals surface area contributed by atoms with Gasteiger partial charge in [-0.05, 0) is 123 Å². The normalized spacial score (nSPS) is 11.7. The Hall–Kier alpha value is -7.62. The number of nitrogens with one attached hydrogen (secondary N) is 1. The molecule has 12 heteroatoms. The Bertz CT molecular complexity index is 2560. The Balaban J connectivity index is 0.000000197. The number of nitrogens with zero attached hydrogens (tertiary/aromatic N) is 10. The number of aryl methyl sites for hydroxylation is 5. The zero-order valence-electron chi connectivity index (χ0n) is 35.6. The van der Waals surface area contributed by atoms with Crippen LogP contribution >= 0.6 is 0 Å². The summed E-state index contributed by atoms with van der Waals surface area (Å²) in [6.45, 7) is 23.9. The summed E-state index contributed by atoms with van der Waals surface area (Å²) in [5.41, 5.74) is 16.5. The monoisotopic (exact) mass is 784 g/mol. The van der Waals surface area contributed by atoms with Gasteiger partial charge < -0.3 is 14.7 Å². The minimum atomic E-state index is -0.186. The van der Waals surface area contributed by atoms with Gasteiger partial charge in [0.2, 0.25) is 0 Å². The third kappa shape index (κ3) is 11.0. The van der Waals surface area contributed by atoms with E-state index in [4.69, 9.17) is 18.4 Å². The molecule has 1 aliphatic heterocycles. The average Bonchev–Trinajstić information content (AvgIpc) is 3.51. The van der Waals surface area contributed by atoms with Gasteiger partial charge in [-0.15, -0.1) is 0 Å². The molecule has 298 valence electrons. The molecule has 5 aromatic carbocycles. The number of allylic oxidation sites excluding steroid dienone is 1. The molecule has 59 heavy (non-hydrogen) atoms. The molecule has 12 nitrogen and oxygen atoms in total. The molecule has 0 saturated heterocycles. The summed E-state index contributed by atoms with van der Waals surface area (Å²) in [7, 11) is 12.0. The maximum absolute atomic E-state index is 12.0. The number of carbonyl (C=O) groups is 1. The van der Waals surface area contributed by atoms with Crippen LogP contribution in [0.15, 0.2) is 118 Å². The van der Waals surface area contributed by atoms with E-state index in [1.165, 1.54) is 11.3 Å². The Morgan fingerprint density at radius 2 is 1.17 bits per heavy atom. The number of para-hydroxylation sites is 1. The average molecular weight is 785 g/mol. The number of fused-ring (bicyclic) bond motifs is 1. The van der Waals surface area contributed by atoms with Crippen LogP contribution < -0.4 is 20.1 Å². The third-order valence-electron chi connectivity index (χ3n) is 9.34. The van der Waals surface area contributed by atoms with Crippen molar-refractivity contribution >= 4 is 51.3 Å². The molecule has 1 heterocycles. The third-order valence-corrected chi connectivity index (χ3v) is 9.34. The topological polar surface area (TPSA) is 111 Å². The largest absolute Gasteiger partial charge is 0.537 e. The summed E-state index contributed by atoms with van der Waals surface area (Å²) in [6, 6.07) is 33.2. The van der Waals surface area contributed by atoms with Gasteiger partial charge in [-0.3, -0.25) is 4.79 Å². The van der Waals surface area contributed by atoms with Crippen LogP contribution in [0.4, 0.5) is 39.8 Å². The van der Waals surface area contributed by atoms with Crippen molar-refractivity contribution in [3.05, 3.63) is 165 Å². The highest BCUT2D eigenvalue weighted by molar-refractivity contribution is 6.00. The molecule has 0 unspecified atom stereocenters. The second-order valence-corrected chi connectivity index (χ2v) is 14.5. The first-order valence-electron chi connectivity index (χ1n) is 18.7. The number of azo groups is 2. The fourth-order valence-corrected chi connectivity index (χ4v) is 6.41. The summed E-state index contributed by atoms with van der Waals surface area (Å²) in [5.74, 6) is -0.307. The summed E-state index contributed by atoms with van der Waals surface area (Å²) >= 11 is 0. The smallest absolute Gasteiger partial charge is 0.377 e. The van der Waals surface area contributed by atoms with E-state index in [9.17, 15) is 4.79 Å². The fourth-order valence-electron chi connectivity index (χ4n) is 6.41. The number of hydrogen-bond acceptors (Lipinski definition) is 8. The predicted molar refractivity (Wildman–Crippen MR) is 238 cm³/mol. The molecule has 0 spiro atoms. The second-order valence-electron chi connectivity index (χ2n) is 14.5. The van der Waals surface area contributed by atoms with Crippen LogP contribution in [0.3, 0.4) is 0 Å². The lowest BCUT2D eigenvalue weighted by Crippen LogP contribution is -2.21. The molecule has 1 N–H and O–H groups in total. The molecule has 0 radical (unpaired) electrons. The Morgan fingerprint density at radius 3 is 1.69 bits per heavy atom. The van der Waals surface area contributed by atoms with Gasteiger partial charge in [0.15, 0.2) is 5.57 Å². The molecule has 0 bridgehead atoms. The van der Waals surface area contributed by atoms with Gasteiger partial charge in [-0.25, -0.2) is 0 Å². The lowest BCUT2D eigenvalue weighted by atomic mass is 10.0. The van der Waals surface area contributed by atoms with Crippen molar-refractivity contribution in [3.63, 3.8) is 0 Å². The Kier molecular flexibility index (Phi) is 14.9. The van der Waals surface area contributed by atoms with E-state index in [1.54, 1.807) is 10.9 Å². The van der Waals surface area contributed by atoms with E-state index >= 15 is 0 Å². The number of carbonyl (C=O) groups excluding carboxylic acids is 1. The molecule has 0 aliphatic carbocycles. The maximum atomic E-state index is 12.0. The summed E-state index contributed by atoms with van der Waals surface area (Å²) in [5, 5.41) is 22.2. The zero-order valence-corrected chi connectivity index (χ0v) is 35.6. The molecule has 0 aromatic heterocycles. The van der Waals surface area contributed by atoms with Gasteiger partial charge in [-0.2, -0.15) is 25.2 Å². The Labute approximate surface area is 348 Å². The molecule has 5 aromatic rings. The van der Waals surface area contributed by atoms with E-state index in [2.05, 4.69) is 66.2 Å². The van der Waals surface area contributed by atoms with E-state index in [1.807, 2.05) is 153 Å². The van der Waals surface area contributed by atoms with Crippen molar-refractivity contribution in [2.45, 2.75) is 34.6 Å². The van der Waals surface area contributed by atoms with Crippen LogP contribution in [0.5, 0.6) is 0 Å². The number of hydrogen-bond donors (Lipinski definition) is 1. The summed E-state index contributed by atoms with van der Waals surface area (Å²) in [6.07, 6.45) is 0. The summed E-state index contributed by atoms with van der Waals surface area (Å²) < 4.78 is 0. The highest BCUT2D eigenvalue weighted by atomic mass is 16.2. The lowest BCUT2D eigenvalue weighted by Gasteiger charge is -2.15. The lowest BCUT2D eigenvalue weighted by molar-refractivity contribution is -0.548. The van der Waals surface area contributed by atoms with Crippen molar-refractivity contribution in [3.8, 4) is 6.07 Å². The minimum Gasteiger partial charge on any atom is -0.377 e. The van der Waals surface area contributed by atoms with Crippen molar-refractivity contribution in [2.75, 3.05) is 57.0 Å².